The van der Waals surface area contributed by atoms with Gasteiger partial charge in [0.1, 0.15) is 0 Å². The fraction of sp³-hybridized carbons (Fsp3) is 0.500. The zero-order chi connectivity index (χ0) is 14.6. The molecule has 1 aromatic rings. The number of carbonyl (C=O) groups excluding carboxylic acids is 1. The number of methoxy groups -OCH3 is 1. The molecule has 0 radical (unpaired) electrons. The summed E-state index contributed by atoms with van der Waals surface area (Å²) in [5, 5.41) is 2.77. The second-order valence-corrected chi connectivity index (χ2v) is 4.14. The Morgan fingerprint density at radius 2 is 1.65 bits per heavy atom. The second kappa shape index (κ2) is 10.2. The summed E-state index contributed by atoms with van der Waals surface area (Å²) in [5.74, 6) is -0.0879. The third-order valence-electron chi connectivity index (χ3n) is 2.47. The molecule has 0 atom stereocenters. The highest BCUT2D eigenvalue weighted by atomic mass is 16.5. The van der Waals surface area contributed by atoms with Crippen LogP contribution in [0.1, 0.15) is 6.42 Å². The SMILES string of the molecule is COCCOCCOCCC(=O)Nc1ccc(N)cc1. The number of amides is 1. The van der Waals surface area contributed by atoms with Gasteiger partial charge in [-0.15, -0.1) is 0 Å². The smallest absolute Gasteiger partial charge is 0.226 e. The summed E-state index contributed by atoms with van der Waals surface area (Å²) in [7, 11) is 1.62. The first-order chi connectivity index (χ1) is 9.72. The van der Waals surface area contributed by atoms with Crippen molar-refractivity contribution in [1.29, 1.82) is 0 Å². The molecule has 6 nitrogen and oxygen atoms in total. The molecule has 0 aliphatic carbocycles. The predicted molar refractivity (Wildman–Crippen MR) is 77.6 cm³/mol. The molecule has 0 aliphatic heterocycles. The van der Waals surface area contributed by atoms with E-state index in [2.05, 4.69) is 5.32 Å². The maximum atomic E-state index is 11.6. The Labute approximate surface area is 119 Å². The Morgan fingerprint density at radius 3 is 2.30 bits per heavy atom. The van der Waals surface area contributed by atoms with Crippen molar-refractivity contribution in [2.24, 2.45) is 0 Å². The highest BCUT2D eigenvalue weighted by Crippen LogP contribution is 2.10. The number of benzene rings is 1. The van der Waals surface area contributed by atoms with Gasteiger partial charge < -0.3 is 25.3 Å². The Bertz CT molecular complexity index is 381. The molecule has 0 unspecified atom stereocenters. The second-order valence-electron chi connectivity index (χ2n) is 4.14. The summed E-state index contributed by atoms with van der Waals surface area (Å²) in [6.07, 6.45) is 0.308. The Kier molecular flexibility index (Phi) is 8.37. The quantitative estimate of drug-likeness (QED) is 0.499. The van der Waals surface area contributed by atoms with Crippen LogP contribution in [-0.4, -0.2) is 46.1 Å². The van der Waals surface area contributed by atoms with E-state index in [1.54, 1.807) is 31.4 Å². The summed E-state index contributed by atoms with van der Waals surface area (Å²) in [5.41, 5.74) is 6.96. The first-order valence-electron chi connectivity index (χ1n) is 6.52. The van der Waals surface area contributed by atoms with Crippen molar-refractivity contribution in [3.8, 4) is 0 Å². The average Bonchev–Trinajstić information content (AvgIpc) is 2.44. The molecular formula is C14H22N2O4. The normalized spacial score (nSPS) is 10.4. The Balaban J connectivity index is 2.01. The lowest BCUT2D eigenvalue weighted by atomic mass is 10.3. The van der Waals surface area contributed by atoms with Crippen LogP contribution in [0, 0.1) is 0 Å². The molecule has 3 N–H and O–H groups in total. The molecule has 1 aromatic carbocycles. The molecule has 20 heavy (non-hydrogen) atoms. The molecule has 1 amide bonds. The molecule has 6 heteroatoms. The summed E-state index contributed by atoms with van der Waals surface area (Å²) >= 11 is 0. The van der Waals surface area contributed by atoms with Crippen molar-refractivity contribution in [3.63, 3.8) is 0 Å². The molecule has 112 valence electrons. The third kappa shape index (κ3) is 7.73. The molecule has 1 rings (SSSR count). The number of ether oxygens (including phenoxy) is 3. The van der Waals surface area contributed by atoms with E-state index < -0.39 is 0 Å². The molecule has 0 aliphatic rings. The summed E-state index contributed by atoms with van der Waals surface area (Å²) in [6.45, 7) is 2.47. The lowest BCUT2D eigenvalue weighted by molar-refractivity contribution is -0.117. The number of nitrogen functional groups attached to an aromatic ring is 1. The molecule has 0 saturated heterocycles. The molecule has 0 heterocycles. The highest BCUT2D eigenvalue weighted by Gasteiger charge is 2.02. The topological polar surface area (TPSA) is 82.8 Å². The van der Waals surface area contributed by atoms with Crippen LogP contribution in [0.3, 0.4) is 0 Å². The van der Waals surface area contributed by atoms with Crippen LogP contribution in [0.5, 0.6) is 0 Å². The van der Waals surface area contributed by atoms with Crippen LogP contribution < -0.4 is 11.1 Å². The largest absolute Gasteiger partial charge is 0.399 e. The van der Waals surface area contributed by atoms with Crippen molar-refractivity contribution in [2.45, 2.75) is 6.42 Å². The van der Waals surface area contributed by atoms with Gasteiger partial charge in [0.2, 0.25) is 5.91 Å². The van der Waals surface area contributed by atoms with Gasteiger partial charge in [-0.05, 0) is 24.3 Å². The highest BCUT2D eigenvalue weighted by molar-refractivity contribution is 5.90. The van der Waals surface area contributed by atoms with Crippen LogP contribution in [0.15, 0.2) is 24.3 Å². The summed E-state index contributed by atoms with van der Waals surface area (Å²) in [6, 6.07) is 7.00. The van der Waals surface area contributed by atoms with Gasteiger partial charge in [0.05, 0.1) is 39.5 Å². The lowest BCUT2D eigenvalue weighted by Gasteiger charge is -2.07. The van der Waals surface area contributed by atoms with Crippen LogP contribution in [0.25, 0.3) is 0 Å². The van der Waals surface area contributed by atoms with Gasteiger partial charge in [-0.1, -0.05) is 0 Å². The molecule has 0 fully saturated rings. The van der Waals surface area contributed by atoms with Crippen LogP contribution in [0.2, 0.25) is 0 Å². The minimum Gasteiger partial charge on any atom is -0.399 e. The van der Waals surface area contributed by atoms with E-state index >= 15 is 0 Å². The van der Waals surface area contributed by atoms with Crippen LogP contribution in [0.4, 0.5) is 11.4 Å². The maximum absolute atomic E-state index is 11.6. The summed E-state index contributed by atoms with van der Waals surface area (Å²) < 4.78 is 15.4. The molecule has 0 spiro atoms. The van der Waals surface area contributed by atoms with Gasteiger partial charge in [-0.3, -0.25) is 4.79 Å². The van der Waals surface area contributed by atoms with Gasteiger partial charge in [0.25, 0.3) is 0 Å². The van der Waals surface area contributed by atoms with E-state index in [1.807, 2.05) is 0 Å². The number of hydrogen-bond acceptors (Lipinski definition) is 5. The van der Waals surface area contributed by atoms with Crippen molar-refractivity contribution < 1.29 is 19.0 Å². The molecular weight excluding hydrogens is 260 g/mol. The minimum atomic E-state index is -0.0879. The molecule has 0 bridgehead atoms. The van der Waals surface area contributed by atoms with E-state index in [-0.39, 0.29) is 5.91 Å². The molecule has 0 aromatic heterocycles. The number of rotatable bonds is 10. The monoisotopic (exact) mass is 282 g/mol. The van der Waals surface area contributed by atoms with Crippen LogP contribution >= 0.6 is 0 Å². The Hall–Kier alpha value is -1.63. The third-order valence-corrected chi connectivity index (χ3v) is 2.47. The fourth-order valence-corrected chi connectivity index (χ4v) is 1.42. The van der Waals surface area contributed by atoms with E-state index in [0.717, 1.165) is 5.69 Å². The predicted octanol–water partition coefficient (Wildman–Crippen LogP) is 1.28. The first kappa shape index (κ1) is 16.4. The average molecular weight is 282 g/mol. The zero-order valence-corrected chi connectivity index (χ0v) is 11.8. The standard InChI is InChI=1S/C14H22N2O4/c1-18-8-9-20-11-10-19-7-6-14(17)16-13-4-2-12(15)3-5-13/h2-5H,6-11,15H2,1H3,(H,16,17). The number of nitrogens with one attached hydrogen (secondary N) is 1. The minimum absolute atomic E-state index is 0.0879. The van der Waals surface area contributed by atoms with Gasteiger partial charge in [0, 0.05) is 18.5 Å². The van der Waals surface area contributed by atoms with Gasteiger partial charge in [0.15, 0.2) is 0 Å². The van der Waals surface area contributed by atoms with Gasteiger partial charge in [-0.2, -0.15) is 0 Å². The Morgan fingerprint density at radius 1 is 1.05 bits per heavy atom. The maximum Gasteiger partial charge on any atom is 0.226 e. The van der Waals surface area contributed by atoms with E-state index in [1.165, 1.54) is 0 Å². The van der Waals surface area contributed by atoms with Crippen molar-refractivity contribution in [2.75, 3.05) is 51.2 Å². The zero-order valence-electron chi connectivity index (χ0n) is 11.8. The van der Waals surface area contributed by atoms with Crippen LogP contribution in [-0.2, 0) is 19.0 Å². The van der Waals surface area contributed by atoms with E-state index in [0.29, 0.717) is 45.1 Å². The number of anilines is 2. The van der Waals surface area contributed by atoms with E-state index in [4.69, 9.17) is 19.9 Å². The number of nitrogens with two attached hydrogens (primary N) is 1. The van der Waals surface area contributed by atoms with Crippen molar-refractivity contribution in [1.82, 2.24) is 0 Å². The summed E-state index contributed by atoms with van der Waals surface area (Å²) in [4.78, 5) is 11.6. The molecule has 0 saturated carbocycles. The van der Waals surface area contributed by atoms with Gasteiger partial charge >= 0.3 is 0 Å². The fourth-order valence-electron chi connectivity index (χ4n) is 1.42. The number of hydrogen-bond donors (Lipinski definition) is 2. The van der Waals surface area contributed by atoms with Crippen molar-refractivity contribution in [3.05, 3.63) is 24.3 Å². The first-order valence-corrected chi connectivity index (χ1v) is 6.52. The van der Waals surface area contributed by atoms with Crippen molar-refractivity contribution >= 4 is 17.3 Å². The number of carbonyl (C=O) groups is 1. The van der Waals surface area contributed by atoms with Gasteiger partial charge in [-0.25, -0.2) is 0 Å². The lowest BCUT2D eigenvalue weighted by Crippen LogP contribution is -2.15. The van der Waals surface area contributed by atoms with E-state index in [9.17, 15) is 4.79 Å².